The van der Waals surface area contributed by atoms with Crippen LogP contribution in [-0.2, 0) is 21.1 Å². The highest BCUT2D eigenvalue weighted by molar-refractivity contribution is 7.90. The van der Waals surface area contributed by atoms with Gasteiger partial charge in [0.25, 0.3) is 0 Å². The van der Waals surface area contributed by atoms with Crippen LogP contribution in [0.5, 0.6) is 0 Å². The van der Waals surface area contributed by atoms with Crippen LogP contribution >= 0.6 is 0 Å². The summed E-state index contributed by atoms with van der Waals surface area (Å²) < 4.78 is 28.4. The van der Waals surface area contributed by atoms with E-state index in [4.69, 9.17) is 4.74 Å². The Bertz CT molecular complexity index is 610. The van der Waals surface area contributed by atoms with E-state index in [1.165, 1.54) is 6.26 Å². The molecular weight excluding hydrogens is 326 g/mol. The molecule has 0 unspecified atom stereocenters. The van der Waals surface area contributed by atoms with E-state index < -0.39 is 9.84 Å². The second-order valence-electron chi connectivity index (χ2n) is 6.06. The summed E-state index contributed by atoms with van der Waals surface area (Å²) in [5.74, 6) is 1.34. The summed E-state index contributed by atoms with van der Waals surface area (Å²) in [6, 6.07) is 6.83. The number of ether oxygens (including phenoxy) is 1. The number of hydrogen-bond acceptors (Lipinski definition) is 4. The summed E-state index contributed by atoms with van der Waals surface area (Å²) in [4.78, 5) is 4.48. The Kier molecular flexibility index (Phi) is 8.78. The minimum atomic E-state index is -3.15. The third-order valence-electron chi connectivity index (χ3n) is 3.41. The first-order valence-electron chi connectivity index (χ1n) is 8.14. The fraction of sp³-hybridized carbons (Fsp3) is 0.588. The maximum atomic E-state index is 11.4. The Balaban J connectivity index is 2.31. The van der Waals surface area contributed by atoms with Crippen molar-refractivity contribution in [1.82, 2.24) is 10.6 Å². The summed E-state index contributed by atoms with van der Waals surface area (Å²) >= 11 is 0. The molecule has 1 aromatic rings. The molecule has 0 atom stereocenters. The predicted molar refractivity (Wildman–Crippen MR) is 98.0 cm³/mol. The van der Waals surface area contributed by atoms with Crippen LogP contribution in [0.4, 0.5) is 0 Å². The summed E-state index contributed by atoms with van der Waals surface area (Å²) in [7, 11) is -1.44. The number of nitrogens with one attached hydrogen (secondary N) is 2. The molecule has 0 bridgehead atoms. The first-order valence-corrected chi connectivity index (χ1v) is 10.0. The minimum Gasteiger partial charge on any atom is -0.380 e. The molecule has 1 rings (SSSR count). The number of sulfone groups is 1. The summed E-state index contributed by atoms with van der Waals surface area (Å²) in [5, 5.41) is 6.37. The van der Waals surface area contributed by atoms with Gasteiger partial charge in [-0.2, -0.15) is 0 Å². The first kappa shape index (κ1) is 20.4. The van der Waals surface area contributed by atoms with Crippen molar-refractivity contribution in [2.45, 2.75) is 31.7 Å². The van der Waals surface area contributed by atoms with Crippen LogP contribution in [0.1, 0.15) is 25.8 Å². The molecule has 0 saturated heterocycles. The van der Waals surface area contributed by atoms with E-state index in [0.29, 0.717) is 36.5 Å². The quantitative estimate of drug-likeness (QED) is 0.401. The lowest BCUT2D eigenvalue weighted by atomic mass is 10.1. The molecule has 24 heavy (non-hydrogen) atoms. The molecule has 0 fully saturated rings. The Morgan fingerprint density at radius 2 is 1.83 bits per heavy atom. The average molecular weight is 356 g/mol. The van der Waals surface area contributed by atoms with E-state index in [0.717, 1.165) is 18.6 Å². The third kappa shape index (κ3) is 8.31. The molecule has 0 saturated carbocycles. The van der Waals surface area contributed by atoms with Gasteiger partial charge in [0.2, 0.25) is 0 Å². The predicted octanol–water partition coefficient (Wildman–Crippen LogP) is 1.82. The number of guanidine groups is 1. The van der Waals surface area contributed by atoms with Gasteiger partial charge < -0.3 is 15.4 Å². The molecule has 0 spiro atoms. The van der Waals surface area contributed by atoms with Crippen molar-refractivity contribution >= 4 is 15.8 Å². The minimum absolute atomic E-state index is 0.326. The summed E-state index contributed by atoms with van der Waals surface area (Å²) in [6.07, 6.45) is 2.27. The molecule has 2 N–H and O–H groups in total. The number of benzene rings is 1. The van der Waals surface area contributed by atoms with Gasteiger partial charge >= 0.3 is 0 Å². The molecule has 1 aromatic carbocycles. The normalized spacial score (nSPS) is 12.5. The highest BCUT2D eigenvalue weighted by atomic mass is 32.2. The lowest BCUT2D eigenvalue weighted by Crippen LogP contribution is -2.38. The van der Waals surface area contributed by atoms with Crippen molar-refractivity contribution in [1.29, 1.82) is 0 Å². The molecular formula is C17H29N3O3S. The molecule has 7 heteroatoms. The second kappa shape index (κ2) is 10.3. The zero-order valence-corrected chi connectivity index (χ0v) is 15.8. The molecule has 0 aliphatic carbocycles. The smallest absolute Gasteiger partial charge is 0.191 e. The van der Waals surface area contributed by atoms with E-state index in [9.17, 15) is 8.42 Å². The number of rotatable bonds is 9. The Hall–Kier alpha value is -1.60. The molecule has 0 aliphatic heterocycles. The van der Waals surface area contributed by atoms with Crippen molar-refractivity contribution < 1.29 is 13.2 Å². The van der Waals surface area contributed by atoms with Gasteiger partial charge in [-0.15, -0.1) is 0 Å². The van der Waals surface area contributed by atoms with E-state index >= 15 is 0 Å². The maximum Gasteiger partial charge on any atom is 0.191 e. The van der Waals surface area contributed by atoms with Crippen LogP contribution in [0, 0.1) is 5.92 Å². The van der Waals surface area contributed by atoms with Gasteiger partial charge in [0, 0.05) is 33.0 Å². The van der Waals surface area contributed by atoms with Gasteiger partial charge in [-0.3, -0.25) is 4.99 Å². The van der Waals surface area contributed by atoms with Crippen LogP contribution < -0.4 is 10.6 Å². The first-order chi connectivity index (χ1) is 11.3. The lowest BCUT2D eigenvalue weighted by molar-refractivity contribution is 0.128. The van der Waals surface area contributed by atoms with Crippen molar-refractivity contribution in [3.05, 3.63) is 29.8 Å². The fourth-order valence-corrected chi connectivity index (χ4v) is 2.55. The van der Waals surface area contributed by atoms with Gasteiger partial charge in [-0.05, 0) is 30.0 Å². The van der Waals surface area contributed by atoms with E-state index in [1.807, 2.05) is 0 Å². The maximum absolute atomic E-state index is 11.4. The van der Waals surface area contributed by atoms with E-state index in [-0.39, 0.29) is 0 Å². The van der Waals surface area contributed by atoms with Crippen LogP contribution in [0.2, 0.25) is 0 Å². The number of hydrogen-bond donors (Lipinski definition) is 2. The fourth-order valence-electron chi connectivity index (χ4n) is 1.92. The van der Waals surface area contributed by atoms with Crippen molar-refractivity contribution in [2.24, 2.45) is 10.9 Å². The molecule has 0 aliphatic rings. The van der Waals surface area contributed by atoms with Crippen molar-refractivity contribution in [3.63, 3.8) is 0 Å². The largest absolute Gasteiger partial charge is 0.380 e. The lowest BCUT2D eigenvalue weighted by Gasteiger charge is -2.12. The molecule has 0 heterocycles. The third-order valence-corrected chi connectivity index (χ3v) is 4.54. The summed E-state index contributed by atoms with van der Waals surface area (Å²) in [6.45, 7) is 7.02. The molecule has 0 radical (unpaired) electrons. The zero-order chi connectivity index (χ0) is 18.0. The highest BCUT2D eigenvalue weighted by Crippen LogP contribution is 2.10. The molecule has 6 nitrogen and oxygen atoms in total. The van der Waals surface area contributed by atoms with Crippen LogP contribution in [-0.4, -0.2) is 47.4 Å². The second-order valence-corrected chi connectivity index (χ2v) is 8.08. The van der Waals surface area contributed by atoms with Crippen molar-refractivity contribution in [3.8, 4) is 0 Å². The Morgan fingerprint density at radius 3 is 2.38 bits per heavy atom. The Morgan fingerprint density at radius 1 is 1.17 bits per heavy atom. The Labute approximate surface area is 145 Å². The average Bonchev–Trinajstić information content (AvgIpc) is 2.52. The topological polar surface area (TPSA) is 79.8 Å². The molecule has 136 valence electrons. The van der Waals surface area contributed by atoms with E-state index in [2.05, 4.69) is 29.5 Å². The van der Waals surface area contributed by atoms with Gasteiger partial charge in [0.05, 0.1) is 11.5 Å². The van der Waals surface area contributed by atoms with Gasteiger partial charge in [0.1, 0.15) is 0 Å². The van der Waals surface area contributed by atoms with Crippen molar-refractivity contribution in [2.75, 3.05) is 33.1 Å². The van der Waals surface area contributed by atoms with Crippen LogP contribution in [0.15, 0.2) is 34.2 Å². The SMILES string of the molecule is CN=C(NCCOCCC(C)C)NCc1ccc(S(C)(=O)=O)cc1. The highest BCUT2D eigenvalue weighted by Gasteiger charge is 2.06. The van der Waals surface area contributed by atoms with Crippen LogP contribution in [0.3, 0.4) is 0 Å². The number of nitrogens with zero attached hydrogens (tertiary/aromatic N) is 1. The number of aliphatic imine (C=N–C) groups is 1. The van der Waals surface area contributed by atoms with Gasteiger partial charge in [-0.25, -0.2) is 8.42 Å². The van der Waals surface area contributed by atoms with Gasteiger partial charge in [-0.1, -0.05) is 26.0 Å². The monoisotopic (exact) mass is 355 g/mol. The molecule has 0 amide bonds. The molecule has 0 aromatic heterocycles. The van der Waals surface area contributed by atoms with E-state index in [1.54, 1.807) is 31.3 Å². The van der Waals surface area contributed by atoms with Crippen LogP contribution in [0.25, 0.3) is 0 Å². The van der Waals surface area contributed by atoms with Gasteiger partial charge in [0.15, 0.2) is 15.8 Å². The standard InChI is InChI=1S/C17H29N3O3S/c1-14(2)9-11-23-12-10-19-17(18-3)20-13-15-5-7-16(8-6-15)24(4,21)22/h5-8,14H,9-13H2,1-4H3,(H2,18,19,20). The zero-order valence-electron chi connectivity index (χ0n) is 15.0. The summed E-state index contributed by atoms with van der Waals surface area (Å²) in [5.41, 5.74) is 0.985.